The smallest absolute Gasteiger partial charge is 0.248 e. The first-order valence-corrected chi connectivity index (χ1v) is 6.03. The number of aliphatic hydroxyl groups is 1. The van der Waals surface area contributed by atoms with Crippen molar-refractivity contribution in [2.24, 2.45) is 5.73 Å². The standard InChI is InChI=1S/C15H14FNO3/c1-9(18)12-3-2-4-13(16)14(12)20-11-7-5-10(6-8-11)15(17)19/h2-9,18H,1H3,(H2,17,19)/t9-/m0/s1. The van der Waals surface area contributed by atoms with Gasteiger partial charge in [0.05, 0.1) is 6.10 Å². The van der Waals surface area contributed by atoms with E-state index in [1.807, 2.05) is 0 Å². The molecule has 0 saturated carbocycles. The number of benzene rings is 2. The first-order chi connectivity index (χ1) is 9.49. The third kappa shape index (κ3) is 2.95. The maximum absolute atomic E-state index is 13.8. The highest BCUT2D eigenvalue weighted by Crippen LogP contribution is 2.32. The fourth-order valence-corrected chi connectivity index (χ4v) is 1.77. The molecule has 0 unspecified atom stereocenters. The zero-order chi connectivity index (χ0) is 14.7. The Morgan fingerprint density at radius 2 is 1.90 bits per heavy atom. The third-order valence-electron chi connectivity index (χ3n) is 2.81. The van der Waals surface area contributed by atoms with Gasteiger partial charge in [0, 0.05) is 11.1 Å². The van der Waals surface area contributed by atoms with Crippen LogP contribution in [0, 0.1) is 5.82 Å². The molecule has 0 bridgehead atoms. The summed E-state index contributed by atoms with van der Waals surface area (Å²) in [5.74, 6) is -0.800. The Hall–Kier alpha value is -2.40. The normalized spacial score (nSPS) is 11.9. The average Bonchev–Trinajstić information content (AvgIpc) is 2.41. The number of carbonyl (C=O) groups excluding carboxylic acids is 1. The predicted molar refractivity (Wildman–Crippen MR) is 72.1 cm³/mol. The number of nitrogens with two attached hydrogens (primary N) is 1. The van der Waals surface area contributed by atoms with E-state index in [9.17, 15) is 14.3 Å². The van der Waals surface area contributed by atoms with Crippen molar-refractivity contribution in [1.82, 2.24) is 0 Å². The van der Waals surface area contributed by atoms with Crippen LogP contribution in [0.1, 0.15) is 28.9 Å². The number of hydrogen-bond donors (Lipinski definition) is 2. The lowest BCUT2D eigenvalue weighted by Gasteiger charge is -2.14. The van der Waals surface area contributed by atoms with E-state index in [1.54, 1.807) is 6.07 Å². The summed E-state index contributed by atoms with van der Waals surface area (Å²) in [6.07, 6.45) is -0.856. The van der Waals surface area contributed by atoms with Crippen molar-refractivity contribution in [2.45, 2.75) is 13.0 Å². The highest BCUT2D eigenvalue weighted by atomic mass is 19.1. The number of para-hydroxylation sites is 1. The topological polar surface area (TPSA) is 72.6 Å². The number of ether oxygens (including phenoxy) is 1. The number of halogens is 1. The minimum Gasteiger partial charge on any atom is -0.454 e. The summed E-state index contributed by atoms with van der Waals surface area (Å²) < 4.78 is 19.2. The molecule has 0 saturated heterocycles. The van der Waals surface area contributed by atoms with Crippen molar-refractivity contribution in [1.29, 1.82) is 0 Å². The summed E-state index contributed by atoms with van der Waals surface area (Å²) >= 11 is 0. The number of amides is 1. The van der Waals surface area contributed by atoms with E-state index in [0.717, 1.165) is 0 Å². The van der Waals surface area contributed by atoms with E-state index in [-0.39, 0.29) is 5.75 Å². The molecule has 0 fully saturated rings. The maximum Gasteiger partial charge on any atom is 0.248 e. The molecule has 4 nitrogen and oxygen atoms in total. The van der Waals surface area contributed by atoms with Crippen molar-refractivity contribution < 1.29 is 19.0 Å². The highest BCUT2D eigenvalue weighted by Gasteiger charge is 2.14. The van der Waals surface area contributed by atoms with Crippen LogP contribution in [0.15, 0.2) is 42.5 Å². The van der Waals surface area contributed by atoms with E-state index >= 15 is 0 Å². The predicted octanol–water partition coefficient (Wildman–Crippen LogP) is 2.77. The van der Waals surface area contributed by atoms with Gasteiger partial charge < -0.3 is 15.6 Å². The molecular formula is C15H14FNO3. The van der Waals surface area contributed by atoms with Gasteiger partial charge in [-0.25, -0.2) is 4.39 Å². The molecule has 0 aliphatic carbocycles. The van der Waals surface area contributed by atoms with Gasteiger partial charge in [0.15, 0.2) is 11.6 Å². The summed E-state index contributed by atoms with van der Waals surface area (Å²) in [5.41, 5.74) is 5.82. The van der Waals surface area contributed by atoms with E-state index in [0.29, 0.717) is 16.9 Å². The Balaban J connectivity index is 2.32. The summed E-state index contributed by atoms with van der Waals surface area (Å²) in [6.45, 7) is 1.53. The fraction of sp³-hybridized carbons (Fsp3) is 0.133. The van der Waals surface area contributed by atoms with Crippen LogP contribution in [0.5, 0.6) is 11.5 Å². The number of rotatable bonds is 4. The summed E-state index contributed by atoms with van der Waals surface area (Å²) in [4.78, 5) is 11.0. The van der Waals surface area contributed by atoms with Crippen LogP contribution in [-0.2, 0) is 0 Å². The van der Waals surface area contributed by atoms with E-state index in [2.05, 4.69) is 0 Å². The Morgan fingerprint density at radius 3 is 2.45 bits per heavy atom. The monoisotopic (exact) mass is 275 g/mol. The third-order valence-corrected chi connectivity index (χ3v) is 2.81. The van der Waals surface area contributed by atoms with Gasteiger partial charge in [0.2, 0.25) is 5.91 Å². The van der Waals surface area contributed by atoms with Crippen LogP contribution in [0.25, 0.3) is 0 Å². The van der Waals surface area contributed by atoms with Gasteiger partial charge in [0.1, 0.15) is 5.75 Å². The van der Waals surface area contributed by atoms with Crippen LogP contribution in [0.3, 0.4) is 0 Å². The van der Waals surface area contributed by atoms with Crippen LogP contribution < -0.4 is 10.5 Å². The van der Waals surface area contributed by atoms with Crippen LogP contribution in [0.4, 0.5) is 4.39 Å². The fourth-order valence-electron chi connectivity index (χ4n) is 1.77. The minimum absolute atomic E-state index is 0.0330. The molecule has 2 rings (SSSR count). The molecule has 0 aliphatic heterocycles. The molecule has 2 aromatic rings. The molecule has 0 spiro atoms. The molecule has 20 heavy (non-hydrogen) atoms. The molecule has 2 aromatic carbocycles. The molecule has 1 atom stereocenters. The van der Waals surface area contributed by atoms with Gasteiger partial charge in [-0.2, -0.15) is 0 Å². The van der Waals surface area contributed by atoms with Gasteiger partial charge in [-0.1, -0.05) is 12.1 Å². The molecule has 0 aromatic heterocycles. The summed E-state index contributed by atoms with van der Waals surface area (Å²) in [5, 5.41) is 9.62. The van der Waals surface area contributed by atoms with Crippen molar-refractivity contribution in [3.05, 3.63) is 59.4 Å². The van der Waals surface area contributed by atoms with Crippen LogP contribution in [-0.4, -0.2) is 11.0 Å². The zero-order valence-electron chi connectivity index (χ0n) is 10.8. The molecule has 1 amide bonds. The van der Waals surface area contributed by atoms with E-state index < -0.39 is 17.8 Å². The van der Waals surface area contributed by atoms with Crippen molar-refractivity contribution in [3.8, 4) is 11.5 Å². The van der Waals surface area contributed by atoms with E-state index in [4.69, 9.17) is 10.5 Å². The highest BCUT2D eigenvalue weighted by molar-refractivity contribution is 5.92. The SMILES string of the molecule is C[C@H](O)c1cccc(F)c1Oc1ccc(C(N)=O)cc1. The van der Waals surface area contributed by atoms with Crippen molar-refractivity contribution in [2.75, 3.05) is 0 Å². The molecular weight excluding hydrogens is 261 g/mol. The molecule has 0 aliphatic rings. The Kier molecular flexibility index (Phi) is 4.00. The summed E-state index contributed by atoms with van der Waals surface area (Å²) in [6, 6.07) is 10.3. The molecule has 5 heteroatoms. The Bertz CT molecular complexity index is 624. The second-order valence-electron chi connectivity index (χ2n) is 4.32. The van der Waals surface area contributed by atoms with E-state index in [1.165, 1.54) is 43.3 Å². The van der Waals surface area contributed by atoms with Gasteiger partial charge in [-0.15, -0.1) is 0 Å². The number of aliphatic hydroxyl groups excluding tert-OH is 1. The number of hydrogen-bond acceptors (Lipinski definition) is 3. The minimum atomic E-state index is -0.856. The molecule has 0 heterocycles. The largest absolute Gasteiger partial charge is 0.454 e. The Morgan fingerprint density at radius 1 is 1.25 bits per heavy atom. The lowest BCUT2D eigenvalue weighted by molar-refractivity contribution is 0.100. The number of primary amides is 1. The van der Waals surface area contributed by atoms with Gasteiger partial charge in [-0.3, -0.25) is 4.79 Å². The van der Waals surface area contributed by atoms with Crippen LogP contribution >= 0.6 is 0 Å². The van der Waals surface area contributed by atoms with Crippen molar-refractivity contribution >= 4 is 5.91 Å². The summed E-state index contributed by atoms with van der Waals surface area (Å²) in [7, 11) is 0. The second-order valence-corrected chi connectivity index (χ2v) is 4.32. The van der Waals surface area contributed by atoms with Crippen LogP contribution in [0.2, 0.25) is 0 Å². The van der Waals surface area contributed by atoms with Gasteiger partial charge in [-0.05, 0) is 37.3 Å². The number of carbonyl (C=O) groups is 1. The zero-order valence-corrected chi connectivity index (χ0v) is 10.8. The van der Waals surface area contributed by atoms with Gasteiger partial charge in [0.25, 0.3) is 0 Å². The van der Waals surface area contributed by atoms with Crippen molar-refractivity contribution in [3.63, 3.8) is 0 Å². The second kappa shape index (κ2) is 5.71. The first kappa shape index (κ1) is 14.0. The quantitative estimate of drug-likeness (QED) is 0.901. The lowest BCUT2D eigenvalue weighted by Crippen LogP contribution is -2.10. The van der Waals surface area contributed by atoms with Gasteiger partial charge >= 0.3 is 0 Å². The first-order valence-electron chi connectivity index (χ1n) is 6.03. The Labute approximate surface area is 115 Å². The lowest BCUT2D eigenvalue weighted by atomic mass is 10.1. The molecule has 0 radical (unpaired) electrons. The molecule has 104 valence electrons. The average molecular weight is 275 g/mol. The maximum atomic E-state index is 13.8. The molecule has 3 N–H and O–H groups in total.